The van der Waals surface area contributed by atoms with Crippen molar-refractivity contribution in [3.05, 3.63) is 35.4 Å². The van der Waals surface area contributed by atoms with Crippen molar-refractivity contribution in [1.29, 1.82) is 0 Å². The fraction of sp³-hybridized carbons (Fsp3) is 0.655. The van der Waals surface area contributed by atoms with Crippen LogP contribution in [0.1, 0.15) is 90.1 Å². The van der Waals surface area contributed by atoms with Gasteiger partial charge >= 0.3 is 0 Å². The maximum absolute atomic E-state index is 13.7. The molecule has 0 aromatic heterocycles. The van der Waals surface area contributed by atoms with Crippen molar-refractivity contribution in [3.63, 3.8) is 0 Å². The zero-order chi connectivity index (χ0) is 26.8. The molecule has 0 aliphatic carbocycles. The fourth-order valence-electron chi connectivity index (χ4n) is 5.20. The highest BCUT2D eigenvalue weighted by Gasteiger charge is 2.52. The van der Waals surface area contributed by atoms with E-state index in [0.717, 1.165) is 12.0 Å². The third-order valence-corrected chi connectivity index (χ3v) is 7.29. The minimum atomic E-state index is -0.725. The van der Waals surface area contributed by atoms with Crippen molar-refractivity contribution >= 4 is 23.5 Å². The largest absolute Gasteiger partial charge is 0.340 e. The zero-order valence-electron chi connectivity index (χ0n) is 23.0. The Hall–Kier alpha value is -2.70. The van der Waals surface area contributed by atoms with Gasteiger partial charge in [-0.2, -0.15) is 0 Å². The van der Waals surface area contributed by atoms with E-state index in [1.165, 1.54) is 0 Å². The summed E-state index contributed by atoms with van der Waals surface area (Å²) in [7, 11) is 0. The van der Waals surface area contributed by atoms with Gasteiger partial charge in [0.1, 0.15) is 12.1 Å². The minimum absolute atomic E-state index is 0.00964. The number of Topliss-reactive ketones (excluding diaryl/α,β-unsaturated/α-hetero) is 1. The Bertz CT molecular complexity index is 977. The quantitative estimate of drug-likeness (QED) is 0.589. The van der Waals surface area contributed by atoms with E-state index in [1.807, 2.05) is 26.0 Å². The van der Waals surface area contributed by atoms with Crippen molar-refractivity contribution in [2.45, 2.75) is 97.7 Å². The Kier molecular flexibility index (Phi) is 8.63. The summed E-state index contributed by atoms with van der Waals surface area (Å²) in [6, 6.07) is 5.87. The molecule has 7 nitrogen and oxygen atoms in total. The fourth-order valence-corrected chi connectivity index (χ4v) is 5.20. The van der Waals surface area contributed by atoms with Crippen molar-refractivity contribution in [2.24, 2.45) is 11.8 Å². The van der Waals surface area contributed by atoms with Gasteiger partial charge in [-0.25, -0.2) is 0 Å². The van der Waals surface area contributed by atoms with Crippen molar-refractivity contribution in [3.8, 4) is 0 Å². The average Bonchev–Trinajstić information content (AvgIpc) is 3.37. The number of hydrogen-bond donors (Lipinski definition) is 1. The second-order valence-electron chi connectivity index (χ2n) is 12.2. The van der Waals surface area contributed by atoms with Gasteiger partial charge in [0, 0.05) is 18.5 Å². The molecule has 36 heavy (non-hydrogen) atoms. The Morgan fingerprint density at radius 1 is 1.00 bits per heavy atom. The molecule has 1 unspecified atom stereocenters. The van der Waals surface area contributed by atoms with E-state index in [4.69, 9.17) is 0 Å². The van der Waals surface area contributed by atoms with Crippen LogP contribution in [0.15, 0.2) is 24.3 Å². The highest BCUT2D eigenvalue weighted by Crippen LogP contribution is 2.31. The van der Waals surface area contributed by atoms with Crippen LogP contribution >= 0.6 is 0 Å². The molecule has 1 aromatic rings. The SMILES string of the molecule is CC(C)CCC(=O)N1CC(=O)[C@@H]2C1CCN2C(=O)[C@H](CC(C)C)NC(=O)c1ccc(C(C)(C)C)cc1. The van der Waals surface area contributed by atoms with Crippen LogP contribution in [-0.4, -0.2) is 64.5 Å². The number of nitrogens with one attached hydrogen (secondary N) is 1. The van der Waals surface area contributed by atoms with Gasteiger partial charge in [0.25, 0.3) is 5.91 Å². The topological polar surface area (TPSA) is 86.8 Å². The number of fused-ring (bicyclic) bond motifs is 1. The number of nitrogens with zero attached hydrogens (tertiary/aromatic N) is 2. The second kappa shape index (κ2) is 11.1. The number of benzene rings is 1. The summed E-state index contributed by atoms with van der Waals surface area (Å²) in [5.74, 6) is -0.0426. The second-order valence-corrected chi connectivity index (χ2v) is 12.2. The first-order valence-corrected chi connectivity index (χ1v) is 13.3. The lowest BCUT2D eigenvalue weighted by Crippen LogP contribution is -2.53. The van der Waals surface area contributed by atoms with Crippen molar-refractivity contribution in [1.82, 2.24) is 15.1 Å². The Morgan fingerprint density at radius 3 is 2.19 bits per heavy atom. The minimum Gasteiger partial charge on any atom is -0.340 e. The Labute approximate surface area is 216 Å². The van der Waals surface area contributed by atoms with Gasteiger partial charge in [0.05, 0.1) is 12.6 Å². The number of carbonyl (C=O) groups excluding carboxylic acids is 4. The number of hydrogen-bond acceptors (Lipinski definition) is 4. The highest BCUT2D eigenvalue weighted by atomic mass is 16.2. The number of rotatable bonds is 8. The summed E-state index contributed by atoms with van der Waals surface area (Å²) in [4.78, 5) is 55.8. The van der Waals surface area contributed by atoms with E-state index >= 15 is 0 Å². The molecule has 3 rings (SSSR count). The summed E-state index contributed by atoms with van der Waals surface area (Å²) in [6.07, 6.45) is 2.26. The molecule has 1 N–H and O–H groups in total. The van der Waals surface area contributed by atoms with Crippen LogP contribution in [-0.2, 0) is 19.8 Å². The number of ketones is 1. The average molecular weight is 498 g/mol. The summed E-state index contributed by atoms with van der Waals surface area (Å²) in [5, 5.41) is 2.94. The molecule has 198 valence electrons. The molecule has 0 bridgehead atoms. The maximum Gasteiger partial charge on any atom is 0.251 e. The molecular formula is C29H43N3O4. The van der Waals surface area contributed by atoms with E-state index in [1.54, 1.807) is 21.9 Å². The molecule has 0 radical (unpaired) electrons. The van der Waals surface area contributed by atoms with Gasteiger partial charge in [-0.05, 0) is 54.2 Å². The molecule has 2 aliphatic heterocycles. The molecule has 0 spiro atoms. The molecular weight excluding hydrogens is 454 g/mol. The zero-order valence-corrected chi connectivity index (χ0v) is 23.0. The number of likely N-dealkylation sites (tertiary alicyclic amines) is 2. The monoisotopic (exact) mass is 497 g/mol. The van der Waals surface area contributed by atoms with Crippen LogP contribution in [0.4, 0.5) is 0 Å². The molecule has 2 heterocycles. The summed E-state index contributed by atoms with van der Waals surface area (Å²) >= 11 is 0. The van der Waals surface area contributed by atoms with Crippen LogP contribution in [0.25, 0.3) is 0 Å². The van der Waals surface area contributed by atoms with E-state index in [2.05, 4.69) is 39.9 Å². The predicted octanol–water partition coefficient (Wildman–Crippen LogP) is 3.95. The number of carbonyl (C=O) groups is 4. The Balaban J connectivity index is 1.73. The van der Waals surface area contributed by atoms with Gasteiger partial charge in [0.2, 0.25) is 11.8 Å². The predicted molar refractivity (Wildman–Crippen MR) is 141 cm³/mol. The van der Waals surface area contributed by atoms with Gasteiger partial charge < -0.3 is 15.1 Å². The van der Waals surface area contributed by atoms with Crippen molar-refractivity contribution < 1.29 is 19.2 Å². The maximum atomic E-state index is 13.7. The van der Waals surface area contributed by atoms with Crippen LogP contribution in [0.2, 0.25) is 0 Å². The van der Waals surface area contributed by atoms with Crippen LogP contribution in [0.3, 0.4) is 0 Å². The van der Waals surface area contributed by atoms with Gasteiger partial charge in [-0.15, -0.1) is 0 Å². The molecule has 7 heteroatoms. The van der Waals surface area contributed by atoms with Crippen LogP contribution in [0.5, 0.6) is 0 Å². The molecule has 3 amide bonds. The lowest BCUT2D eigenvalue weighted by atomic mass is 9.86. The number of amides is 3. The highest BCUT2D eigenvalue weighted by molar-refractivity contribution is 6.00. The lowest BCUT2D eigenvalue weighted by Gasteiger charge is -2.29. The molecule has 2 aliphatic rings. The van der Waals surface area contributed by atoms with E-state index in [-0.39, 0.29) is 47.4 Å². The molecule has 1 aromatic carbocycles. The molecule has 0 saturated carbocycles. The van der Waals surface area contributed by atoms with E-state index in [0.29, 0.717) is 37.3 Å². The molecule has 2 saturated heterocycles. The standard InChI is InChI=1S/C29H43N3O4/c1-18(2)8-13-25(34)32-17-24(33)26-23(32)14-15-31(26)28(36)22(16-19(3)4)30-27(35)20-9-11-21(12-10-20)29(5,6)7/h9-12,18-19,22-23,26H,8,13-17H2,1-7H3,(H,30,35)/t22-,23?,26-/m0/s1. The summed E-state index contributed by atoms with van der Waals surface area (Å²) in [5.41, 5.74) is 1.61. The van der Waals surface area contributed by atoms with Gasteiger partial charge in [0.15, 0.2) is 5.78 Å². The first-order chi connectivity index (χ1) is 16.8. The smallest absolute Gasteiger partial charge is 0.251 e. The molecule has 2 fully saturated rings. The van der Waals surface area contributed by atoms with E-state index < -0.39 is 12.1 Å². The van der Waals surface area contributed by atoms with Gasteiger partial charge in [-0.3, -0.25) is 19.2 Å². The van der Waals surface area contributed by atoms with Crippen LogP contribution in [0, 0.1) is 11.8 Å². The first kappa shape index (κ1) is 27.9. The molecule has 3 atom stereocenters. The first-order valence-electron chi connectivity index (χ1n) is 13.3. The van der Waals surface area contributed by atoms with E-state index in [9.17, 15) is 19.2 Å². The van der Waals surface area contributed by atoms with Crippen molar-refractivity contribution in [2.75, 3.05) is 13.1 Å². The summed E-state index contributed by atoms with van der Waals surface area (Å²) in [6.45, 7) is 15.0. The third-order valence-electron chi connectivity index (χ3n) is 7.29. The Morgan fingerprint density at radius 2 is 1.64 bits per heavy atom. The third kappa shape index (κ3) is 6.34. The summed E-state index contributed by atoms with van der Waals surface area (Å²) < 4.78 is 0. The van der Waals surface area contributed by atoms with Gasteiger partial charge in [-0.1, -0.05) is 60.6 Å². The lowest BCUT2D eigenvalue weighted by molar-refractivity contribution is -0.138. The van der Waals surface area contributed by atoms with Crippen LogP contribution < -0.4 is 5.32 Å². The normalized spacial score (nSPS) is 20.8.